The van der Waals surface area contributed by atoms with Gasteiger partial charge in [0.05, 0.1) is 44.5 Å². The number of ketones is 1. The summed E-state index contributed by atoms with van der Waals surface area (Å²) in [6, 6.07) is 25.8. The molecule has 8 aromatic rings. The lowest BCUT2D eigenvalue weighted by Crippen LogP contribution is -2.75. The Kier molecular flexibility index (Phi) is 18.8. The molecule has 0 N–H and O–H groups in total. The first-order valence-corrected chi connectivity index (χ1v) is 26.5. The number of halogens is 24. The van der Waals surface area contributed by atoms with Crippen LogP contribution in [0.5, 0.6) is 11.5 Å². The molecule has 3 nitrogen and oxygen atoms in total. The highest BCUT2D eigenvalue weighted by atomic mass is 32.2. The average molecular weight is 1300 g/mol. The Morgan fingerprint density at radius 2 is 0.607 bits per heavy atom. The van der Waals surface area contributed by atoms with Gasteiger partial charge in [0.15, 0.2) is 15.9 Å². The molecule has 0 bridgehead atoms. The van der Waals surface area contributed by atoms with Gasteiger partial charge in [-0.15, -0.1) is 0 Å². The van der Waals surface area contributed by atoms with Crippen molar-refractivity contribution in [3.05, 3.63) is 244 Å². The van der Waals surface area contributed by atoms with Crippen LogP contribution in [0.25, 0.3) is 0 Å². The Balaban J connectivity index is 0.000000296. The molecule has 0 saturated heterocycles. The summed E-state index contributed by atoms with van der Waals surface area (Å²) in [6.07, 6.45) is -54.8. The van der Waals surface area contributed by atoms with Crippen molar-refractivity contribution in [2.75, 3.05) is 5.75 Å². The molecule has 0 heterocycles. The van der Waals surface area contributed by atoms with Crippen molar-refractivity contribution in [1.82, 2.24) is 0 Å². The largest absolute Gasteiger partial charge is 0.457 e. The lowest BCUT2D eigenvalue weighted by molar-refractivity contribution is -0.144. The fraction of sp³-hybridized carbons (Fsp3) is 0.150. The van der Waals surface area contributed by atoms with Gasteiger partial charge in [-0.05, 0) is 90.8 Å². The predicted octanol–water partition coefficient (Wildman–Crippen LogP) is 17.4. The van der Waals surface area contributed by atoms with Gasteiger partial charge in [0, 0.05) is 11.1 Å². The Morgan fingerprint density at radius 1 is 0.348 bits per heavy atom. The standard InChI is InChI=1S/C32H12BF24.C28H21O3S/c34-25(35,36)13-1-14(26(37,38)39)6-21(5-13)33(22-7-15(27(40,41)42)2-16(8-22)28(43,44)45,23-9-17(29(46,47)48)3-18(10-23)30(49,50)51)24-11-19(31(52,53)54)4-20(12-24)32(55,56)57;29-28(24-16-18-26(19-17-24)31-25-12-6-2-7-13-25)22-32(30,27-14-8-3-9-15-27)21-20-23-10-4-1-5-11-23/h1-12H;1-19H,22H2/q-1;+1. The molecule has 89 heavy (non-hydrogen) atoms. The molecule has 0 aliphatic carbocycles. The van der Waals surface area contributed by atoms with E-state index in [2.05, 4.69) is 11.2 Å². The molecule has 0 spiro atoms. The molecule has 0 aliphatic heterocycles. The minimum atomic E-state index is -6.13. The summed E-state index contributed by atoms with van der Waals surface area (Å²) in [6.45, 7) is 0. The maximum absolute atomic E-state index is 14.2. The summed E-state index contributed by atoms with van der Waals surface area (Å²) < 4.78 is 360. The molecule has 0 amide bonds. The first-order valence-electron chi connectivity index (χ1n) is 24.8. The summed E-state index contributed by atoms with van der Waals surface area (Å²) >= 11 is 0. The molecule has 1 atom stereocenters. The van der Waals surface area contributed by atoms with Crippen LogP contribution in [-0.2, 0) is 63.6 Å². The van der Waals surface area contributed by atoms with Gasteiger partial charge < -0.3 is 4.74 Å². The van der Waals surface area contributed by atoms with Crippen molar-refractivity contribution in [2.24, 2.45) is 0 Å². The van der Waals surface area contributed by atoms with Gasteiger partial charge >= 0.3 is 49.4 Å². The van der Waals surface area contributed by atoms with Crippen LogP contribution >= 0.6 is 0 Å². The molecule has 0 fully saturated rings. The zero-order chi connectivity index (χ0) is 66.1. The smallest absolute Gasteiger partial charge is 0.416 e. The van der Waals surface area contributed by atoms with Gasteiger partial charge in [-0.2, -0.15) is 127 Å². The number of ether oxygens (including phenoxy) is 1. The molecule has 468 valence electrons. The summed E-state index contributed by atoms with van der Waals surface area (Å²) in [4.78, 5) is 13.6. The SMILES string of the molecule is FC(F)(F)c1cc([B-](c2cc(C(F)(F)F)cc(C(F)(F)F)c2)(c2cc(C(F)(F)F)cc(C(F)(F)F)c2)c2cc(C(F)(F)F)cc(C(F)(F)F)c2)cc(C(F)(F)F)c1.O=C(C[S+](=O)(C#Cc1ccccc1)c1ccccc1)c1ccc(Oc2ccccc2)cc1. The van der Waals surface area contributed by atoms with E-state index >= 15 is 0 Å². The molecular formula is C60H33BF24O3S. The van der Waals surface area contributed by atoms with E-state index in [0.717, 1.165) is 11.3 Å². The minimum absolute atomic E-state index is 0.185. The summed E-state index contributed by atoms with van der Waals surface area (Å²) in [5.74, 6) is 3.91. The topological polar surface area (TPSA) is 43.4 Å². The van der Waals surface area contributed by atoms with Crippen LogP contribution in [-0.4, -0.2) is 17.7 Å². The van der Waals surface area contributed by atoms with Gasteiger partial charge in [-0.25, -0.2) is 0 Å². The lowest BCUT2D eigenvalue weighted by Gasteiger charge is -2.46. The van der Waals surface area contributed by atoms with Crippen molar-refractivity contribution in [1.29, 1.82) is 0 Å². The number of para-hydroxylation sites is 1. The van der Waals surface area contributed by atoms with Crippen LogP contribution < -0.4 is 26.6 Å². The molecule has 29 heteroatoms. The van der Waals surface area contributed by atoms with E-state index in [-0.39, 0.29) is 11.5 Å². The molecule has 0 aliphatic rings. The molecule has 0 aromatic heterocycles. The van der Waals surface area contributed by atoms with Gasteiger partial charge in [-0.1, -0.05) is 107 Å². The second-order valence-corrected chi connectivity index (χ2v) is 21.6. The molecule has 8 rings (SSSR count). The number of carbonyl (C=O) groups is 1. The number of carbonyl (C=O) groups excluding carboxylic acids is 1. The van der Waals surface area contributed by atoms with Crippen molar-refractivity contribution >= 4 is 43.7 Å². The maximum atomic E-state index is 14.2. The van der Waals surface area contributed by atoms with Gasteiger partial charge in [0.25, 0.3) is 0 Å². The van der Waals surface area contributed by atoms with Gasteiger partial charge in [-0.3, -0.25) is 4.79 Å². The third kappa shape index (κ3) is 16.3. The van der Waals surface area contributed by atoms with Gasteiger partial charge in [0.1, 0.15) is 17.6 Å². The normalized spacial score (nSPS) is 13.5. The van der Waals surface area contributed by atoms with Gasteiger partial charge in [0.2, 0.25) is 15.7 Å². The van der Waals surface area contributed by atoms with Crippen LogP contribution in [0.2, 0.25) is 0 Å². The van der Waals surface area contributed by atoms with Crippen molar-refractivity contribution in [3.63, 3.8) is 0 Å². The van der Waals surface area contributed by atoms with E-state index in [1.165, 1.54) is 0 Å². The quantitative estimate of drug-likeness (QED) is 0.0451. The third-order valence-electron chi connectivity index (χ3n) is 13.2. The van der Waals surface area contributed by atoms with Crippen LogP contribution in [0, 0.1) is 11.2 Å². The molecule has 1 unspecified atom stereocenters. The highest BCUT2D eigenvalue weighted by Gasteiger charge is 2.47. The average Bonchev–Trinajstić information content (AvgIpc) is 0.723. The summed E-state index contributed by atoms with van der Waals surface area (Å²) in [7, 11) is -2.91. The predicted molar refractivity (Wildman–Crippen MR) is 278 cm³/mol. The highest BCUT2D eigenvalue weighted by Crippen LogP contribution is 2.42. The number of rotatable bonds is 10. The van der Waals surface area contributed by atoms with Crippen molar-refractivity contribution < 1.29 is 119 Å². The van der Waals surface area contributed by atoms with E-state index in [1.54, 1.807) is 48.5 Å². The summed E-state index contributed by atoms with van der Waals surface area (Å²) in [5, 5.41) is 2.91. The number of Topliss-reactive ketones (excluding diaryl/α,β-unsaturated/α-hetero) is 1. The third-order valence-corrected chi connectivity index (χ3v) is 15.3. The van der Waals surface area contributed by atoms with E-state index in [1.807, 2.05) is 66.7 Å². The fourth-order valence-electron chi connectivity index (χ4n) is 9.15. The van der Waals surface area contributed by atoms with Crippen LogP contribution in [0.1, 0.15) is 60.4 Å². The van der Waals surface area contributed by atoms with Crippen molar-refractivity contribution in [3.8, 4) is 22.7 Å². The van der Waals surface area contributed by atoms with Crippen LogP contribution in [0.4, 0.5) is 105 Å². The zero-order valence-electron chi connectivity index (χ0n) is 43.9. The number of hydrogen-bond donors (Lipinski definition) is 0. The minimum Gasteiger partial charge on any atom is -0.457 e. The van der Waals surface area contributed by atoms with E-state index in [0.29, 0.717) is 16.2 Å². The first-order chi connectivity index (χ1) is 40.9. The molecule has 8 aromatic carbocycles. The van der Waals surface area contributed by atoms with E-state index < -0.39 is 205 Å². The number of alkyl halides is 24. The Bertz CT molecular complexity index is 3510. The number of hydrogen-bond acceptors (Lipinski definition) is 3. The van der Waals surface area contributed by atoms with E-state index in [4.69, 9.17) is 4.74 Å². The van der Waals surface area contributed by atoms with Crippen LogP contribution in [0.3, 0.4) is 0 Å². The highest BCUT2D eigenvalue weighted by molar-refractivity contribution is 8.07. The Morgan fingerprint density at radius 3 is 0.888 bits per heavy atom. The lowest BCUT2D eigenvalue weighted by atomic mass is 9.12. The second kappa shape index (κ2) is 24.7. The molecule has 0 radical (unpaired) electrons. The second-order valence-electron chi connectivity index (χ2n) is 19.3. The number of benzene rings is 8. The zero-order valence-corrected chi connectivity index (χ0v) is 44.7. The Labute approximate surface area is 487 Å². The summed E-state index contributed by atoms with van der Waals surface area (Å²) in [5.41, 5.74) is -29.0. The molecule has 0 saturated carbocycles. The van der Waals surface area contributed by atoms with Crippen molar-refractivity contribution in [2.45, 2.75) is 54.3 Å². The first kappa shape index (κ1) is 67.8. The molecular weight excluding hydrogens is 1270 g/mol. The maximum Gasteiger partial charge on any atom is 0.416 e. The monoisotopic (exact) mass is 1300 g/mol. The van der Waals surface area contributed by atoms with E-state index in [9.17, 15) is 114 Å². The van der Waals surface area contributed by atoms with Crippen LogP contribution in [0.15, 0.2) is 193 Å². The fourth-order valence-corrected chi connectivity index (χ4v) is 10.9. The Hall–Kier alpha value is -8.68.